The van der Waals surface area contributed by atoms with Gasteiger partial charge in [0.25, 0.3) is 0 Å². The average Bonchev–Trinajstić information content (AvgIpc) is 2.75. The van der Waals surface area contributed by atoms with Crippen molar-refractivity contribution in [1.29, 1.82) is 0 Å². The zero-order valence-corrected chi connectivity index (χ0v) is 11.5. The third-order valence-corrected chi connectivity index (χ3v) is 3.49. The first-order chi connectivity index (χ1) is 9.19. The van der Waals surface area contributed by atoms with E-state index in [1.54, 1.807) is 7.11 Å². The molecule has 1 heterocycles. The Balaban J connectivity index is 2.15. The van der Waals surface area contributed by atoms with Crippen molar-refractivity contribution in [2.24, 2.45) is 0 Å². The van der Waals surface area contributed by atoms with Crippen LogP contribution in [0.2, 0.25) is 5.02 Å². The van der Waals surface area contributed by atoms with Gasteiger partial charge in [-0.2, -0.15) is 0 Å². The Morgan fingerprint density at radius 1 is 1.05 bits per heavy atom. The molecule has 96 valence electrons. The van der Waals surface area contributed by atoms with Gasteiger partial charge < -0.3 is 9.15 Å². The monoisotopic (exact) mass is 272 g/mol. The fourth-order valence-electron chi connectivity index (χ4n) is 2.22. The van der Waals surface area contributed by atoms with Crippen molar-refractivity contribution < 1.29 is 9.15 Å². The van der Waals surface area contributed by atoms with Crippen LogP contribution in [0.25, 0.3) is 22.3 Å². The van der Waals surface area contributed by atoms with E-state index in [0.29, 0.717) is 5.02 Å². The maximum absolute atomic E-state index is 5.99. The molecule has 0 bridgehead atoms. The second-order valence-corrected chi connectivity index (χ2v) is 4.86. The van der Waals surface area contributed by atoms with Crippen LogP contribution in [0.3, 0.4) is 0 Å². The van der Waals surface area contributed by atoms with Crippen LogP contribution < -0.4 is 4.74 Å². The first-order valence-electron chi connectivity index (χ1n) is 6.02. The Kier molecular flexibility index (Phi) is 2.96. The summed E-state index contributed by atoms with van der Waals surface area (Å²) in [6.07, 6.45) is 0. The van der Waals surface area contributed by atoms with E-state index in [1.807, 2.05) is 42.5 Å². The Morgan fingerprint density at radius 3 is 2.47 bits per heavy atom. The van der Waals surface area contributed by atoms with Gasteiger partial charge in [0.15, 0.2) is 0 Å². The zero-order valence-electron chi connectivity index (χ0n) is 10.7. The molecule has 0 saturated heterocycles. The summed E-state index contributed by atoms with van der Waals surface area (Å²) in [5.41, 5.74) is 2.97. The quantitative estimate of drug-likeness (QED) is 0.650. The second kappa shape index (κ2) is 4.63. The first-order valence-corrected chi connectivity index (χ1v) is 6.40. The number of methoxy groups -OCH3 is 1. The van der Waals surface area contributed by atoms with Gasteiger partial charge in [-0.1, -0.05) is 11.6 Å². The van der Waals surface area contributed by atoms with Crippen LogP contribution in [0.1, 0.15) is 5.56 Å². The lowest BCUT2D eigenvalue weighted by atomic mass is 10.1. The smallest absolute Gasteiger partial charge is 0.138 e. The van der Waals surface area contributed by atoms with E-state index in [-0.39, 0.29) is 0 Å². The summed E-state index contributed by atoms with van der Waals surface area (Å²) in [6.45, 7) is 2.05. The summed E-state index contributed by atoms with van der Waals surface area (Å²) in [4.78, 5) is 0. The predicted octanol–water partition coefficient (Wildman–Crippen LogP) is 5.07. The van der Waals surface area contributed by atoms with Crippen molar-refractivity contribution in [3.05, 3.63) is 53.1 Å². The topological polar surface area (TPSA) is 22.4 Å². The Labute approximate surface area is 116 Å². The van der Waals surface area contributed by atoms with E-state index in [1.165, 1.54) is 0 Å². The maximum atomic E-state index is 5.99. The lowest BCUT2D eigenvalue weighted by Crippen LogP contribution is -1.82. The molecular formula is C16H13ClO2. The molecule has 0 N–H and O–H groups in total. The molecule has 19 heavy (non-hydrogen) atoms. The van der Waals surface area contributed by atoms with Crippen molar-refractivity contribution in [3.8, 4) is 17.1 Å². The number of rotatable bonds is 2. The molecular weight excluding hydrogens is 260 g/mol. The van der Waals surface area contributed by atoms with Crippen LogP contribution in [0.4, 0.5) is 0 Å². The van der Waals surface area contributed by atoms with Crippen LogP contribution in [0, 0.1) is 6.92 Å². The Bertz CT molecular complexity index is 726. The van der Waals surface area contributed by atoms with Crippen LogP contribution in [0.15, 0.2) is 46.9 Å². The van der Waals surface area contributed by atoms with Crippen molar-refractivity contribution in [1.82, 2.24) is 0 Å². The molecule has 0 aliphatic rings. The molecule has 3 heteroatoms. The summed E-state index contributed by atoms with van der Waals surface area (Å²) in [6, 6.07) is 13.5. The SMILES string of the molecule is COc1ccc(-c2oc3cc(Cl)ccc3c2C)cc1. The summed E-state index contributed by atoms with van der Waals surface area (Å²) >= 11 is 5.99. The third-order valence-electron chi connectivity index (χ3n) is 3.25. The lowest BCUT2D eigenvalue weighted by molar-refractivity contribution is 0.415. The number of hydrogen-bond donors (Lipinski definition) is 0. The highest BCUT2D eigenvalue weighted by molar-refractivity contribution is 6.31. The van der Waals surface area contributed by atoms with E-state index in [4.69, 9.17) is 20.8 Å². The number of aryl methyl sites for hydroxylation is 1. The molecule has 0 spiro atoms. The number of furan rings is 1. The van der Waals surface area contributed by atoms with Gasteiger partial charge in [-0.05, 0) is 43.3 Å². The molecule has 1 aromatic heterocycles. The second-order valence-electron chi connectivity index (χ2n) is 4.43. The zero-order chi connectivity index (χ0) is 13.4. The van der Waals surface area contributed by atoms with Gasteiger partial charge in [0.1, 0.15) is 17.1 Å². The highest BCUT2D eigenvalue weighted by atomic mass is 35.5. The third kappa shape index (κ3) is 2.08. The van der Waals surface area contributed by atoms with Gasteiger partial charge >= 0.3 is 0 Å². The molecule has 3 aromatic rings. The Hall–Kier alpha value is -1.93. The van der Waals surface area contributed by atoms with Crippen molar-refractivity contribution in [2.75, 3.05) is 7.11 Å². The van der Waals surface area contributed by atoms with Gasteiger partial charge in [-0.15, -0.1) is 0 Å². The van der Waals surface area contributed by atoms with Crippen molar-refractivity contribution >= 4 is 22.6 Å². The number of hydrogen-bond acceptors (Lipinski definition) is 2. The fourth-order valence-corrected chi connectivity index (χ4v) is 2.38. The van der Waals surface area contributed by atoms with Gasteiger partial charge in [-0.25, -0.2) is 0 Å². The van der Waals surface area contributed by atoms with Crippen LogP contribution in [-0.4, -0.2) is 7.11 Å². The molecule has 0 unspecified atom stereocenters. The molecule has 0 fully saturated rings. The van der Waals surface area contributed by atoms with Gasteiger partial charge in [0, 0.05) is 27.6 Å². The van der Waals surface area contributed by atoms with Crippen LogP contribution >= 0.6 is 11.6 Å². The summed E-state index contributed by atoms with van der Waals surface area (Å²) in [5.74, 6) is 1.71. The Morgan fingerprint density at radius 2 is 1.79 bits per heavy atom. The molecule has 0 aliphatic heterocycles. The molecule has 2 aromatic carbocycles. The number of benzene rings is 2. The minimum Gasteiger partial charge on any atom is -0.497 e. The molecule has 0 aliphatic carbocycles. The molecule has 0 atom stereocenters. The van der Waals surface area contributed by atoms with E-state index in [2.05, 4.69) is 6.92 Å². The van der Waals surface area contributed by atoms with E-state index < -0.39 is 0 Å². The largest absolute Gasteiger partial charge is 0.497 e. The summed E-state index contributed by atoms with van der Waals surface area (Å²) in [7, 11) is 1.66. The van der Waals surface area contributed by atoms with Crippen LogP contribution in [-0.2, 0) is 0 Å². The molecule has 0 radical (unpaired) electrons. The van der Waals surface area contributed by atoms with Crippen molar-refractivity contribution in [2.45, 2.75) is 6.92 Å². The standard InChI is InChI=1S/C16H13ClO2/c1-10-14-8-5-12(17)9-15(14)19-16(10)11-3-6-13(18-2)7-4-11/h3-9H,1-2H3. The van der Waals surface area contributed by atoms with Crippen molar-refractivity contribution in [3.63, 3.8) is 0 Å². The summed E-state index contributed by atoms with van der Waals surface area (Å²) in [5, 5.41) is 1.78. The molecule has 3 rings (SSSR count). The van der Waals surface area contributed by atoms with E-state index in [0.717, 1.165) is 33.6 Å². The van der Waals surface area contributed by atoms with Crippen LogP contribution in [0.5, 0.6) is 5.75 Å². The highest BCUT2D eigenvalue weighted by Gasteiger charge is 2.12. The highest BCUT2D eigenvalue weighted by Crippen LogP contribution is 2.34. The van der Waals surface area contributed by atoms with E-state index in [9.17, 15) is 0 Å². The number of halogens is 1. The maximum Gasteiger partial charge on any atom is 0.138 e. The number of ether oxygens (including phenoxy) is 1. The number of fused-ring (bicyclic) bond motifs is 1. The van der Waals surface area contributed by atoms with Gasteiger partial charge in [0.05, 0.1) is 7.11 Å². The van der Waals surface area contributed by atoms with Gasteiger partial charge in [-0.3, -0.25) is 0 Å². The first kappa shape index (κ1) is 12.1. The minimum atomic E-state index is 0.683. The fraction of sp³-hybridized carbons (Fsp3) is 0.125. The van der Waals surface area contributed by atoms with Gasteiger partial charge in [0.2, 0.25) is 0 Å². The molecule has 0 saturated carbocycles. The predicted molar refractivity (Wildman–Crippen MR) is 77.9 cm³/mol. The molecule has 2 nitrogen and oxygen atoms in total. The normalized spacial score (nSPS) is 10.9. The lowest BCUT2D eigenvalue weighted by Gasteiger charge is -2.01. The summed E-state index contributed by atoms with van der Waals surface area (Å²) < 4.78 is 11.1. The van der Waals surface area contributed by atoms with E-state index >= 15 is 0 Å². The molecule has 0 amide bonds. The minimum absolute atomic E-state index is 0.683. The average molecular weight is 273 g/mol.